The summed E-state index contributed by atoms with van der Waals surface area (Å²) in [6.45, 7) is 3.14. The highest BCUT2D eigenvalue weighted by Gasteiger charge is 2.24. The van der Waals surface area contributed by atoms with Crippen LogP contribution < -0.4 is 15.5 Å². The molecule has 138 valence electrons. The average Bonchev–Trinajstić information content (AvgIpc) is 3.40. The van der Waals surface area contributed by atoms with Crippen LogP contribution in [-0.4, -0.2) is 62.6 Å². The molecule has 1 aliphatic heterocycles. The highest BCUT2D eigenvalue weighted by atomic mass is 127. The van der Waals surface area contributed by atoms with Crippen LogP contribution >= 0.6 is 24.0 Å². The van der Waals surface area contributed by atoms with Crippen molar-refractivity contribution in [2.75, 3.05) is 44.7 Å². The van der Waals surface area contributed by atoms with Crippen molar-refractivity contribution in [1.82, 2.24) is 15.5 Å². The van der Waals surface area contributed by atoms with E-state index in [1.54, 1.807) is 19.2 Å². The molecule has 2 aliphatic rings. The largest absolute Gasteiger partial charge is 0.366 e. The van der Waals surface area contributed by atoms with Gasteiger partial charge in [0.05, 0.1) is 12.2 Å². The zero-order chi connectivity index (χ0) is 16.9. The van der Waals surface area contributed by atoms with Crippen LogP contribution in [-0.2, 0) is 4.79 Å². The number of carbonyl (C=O) groups excluding carboxylic acids is 1. The van der Waals surface area contributed by atoms with Crippen molar-refractivity contribution in [2.24, 2.45) is 4.99 Å². The Morgan fingerprint density at radius 1 is 1.24 bits per heavy atom. The topological polar surface area (TPSA) is 60.0 Å². The molecule has 1 saturated heterocycles. The summed E-state index contributed by atoms with van der Waals surface area (Å²) in [5.74, 6) is 0.531. The Bertz CT molecular complexity index is 615. The molecule has 2 fully saturated rings. The van der Waals surface area contributed by atoms with Gasteiger partial charge < -0.3 is 20.4 Å². The summed E-state index contributed by atoms with van der Waals surface area (Å²) in [4.78, 5) is 20.2. The van der Waals surface area contributed by atoms with Gasteiger partial charge in [-0.25, -0.2) is 4.39 Å². The number of benzene rings is 1. The smallest absolute Gasteiger partial charge is 0.239 e. The molecule has 0 unspecified atom stereocenters. The summed E-state index contributed by atoms with van der Waals surface area (Å²) < 4.78 is 13.9. The molecule has 0 radical (unpaired) electrons. The number of nitrogens with one attached hydrogen (secondary N) is 2. The first-order valence-electron chi connectivity index (χ1n) is 8.42. The zero-order valence-corrected chi connectivity index (χ0v) is 16.7. The average molecular weight is 461 g/mol. The molecule has 1 saturated carbocycles. The molecular formula is C17H25FIN5O. The maximum absolute atomic E-state index is 13.9. The van der Waals surface area contributed by atoms with Crippen molar-refractivity contribution in [2.45, 2.75) is 18.9 Å². The van der Waals surface area contributed by atoms with E-state index in [0.717, 1.165) is 39.0 Å². The SMILES string of the molecule is CN=C(NCC(=O)NC1CC1)N1CCN(c2ccccc2F)CC1.I. The van der Waals surface area contributed by atoms with Crippen LogP contribution in [0.25, 0.3) is 0 Å². The molecule has 25 heavy (non-hydrogen) atoms. The summed E-state index contributed by atoms with van der Waals surface area (Å²) in [5, 5.41) is 6.06. The van der Waals surface area contributed by atoms with Crippen LogP contribution in [0.1, 0.15) is 12.8 Å². The van der Waals surface area contributed by atoms with Gasteiger partial charge in [0.15, 0.2) is 5.96 Å². The maximum atomic E-state index is 13.9. The fraction of sp³-hybridized carbons (Fsp3) is 0.529. The minimum atomic E-state index is -0.190. The van der Waals surface area contributed by atoms with Gasteiger partial charge in [-0.2, -0.15) is 0 Å². The molecule has 0 aromatic heterocycles. The van der Waals surface area contributed by atoms with Crippen LogP contribution in [0.4, 0.5) is 10.1 Å². The third kappa shape index (κ3) is 5.45. The Hall–Kier alpha value is -1.58. The van der Waals surface area contributed by atoms with Gasteiger partial charge in [-0.3, -0.25) is 9.79 Å². The first kappa shape index (κ1) is 19.7. The minimum absolute atomic E-state index is 0. The lowest BCUT2D eigenvalue weighted by atomic mass is 10.2. The Morgan fingerprint density at radius 3 is 2.52 bits per heavy atom. The monoisotopic (exact) mass is 461 g/mol. The highest BCUT2D eigenvalue weighted by Crippen LogP contribution is 2.20. The van der Waals surface area contributed by atoms with Gasteiger partial charge >= 0.3 is 0 Å². The fourth-order valence-corrected chi connectivity index (χ4v) is 2.87. The number of anilines is 1. The van der Waals surface area contributed by atoms with Crippen LogP contribution in [0.3, 0.4) is 0 Å². The Morgan fingerprint density at radius 2 is 1.92 bits per heavy atom. The quantitative estimate of drug-likeness (QED) is 0.405. The number of hydrogen-bond acceptors (Lipinski definition) is 3. The van der Waals surface area contributed by atoms with Crippen LogP contribution in [0.15, 0.2) is 29.3 Å². The van der Waals surface area contributed by atoms with E-state index < -0.39 is 0 Å². The van der Waals surface area contributed by atoms with Crippen LogP contribution in [0.5, 0.6) is 0 Å². The molecule has 1 aliphatic carbocycles. The fourth-order valence-electron chi connectivity index (χ4n) is 2.87. The third-order valence-corrected chi connectivity index (χ3v) is 4.33. The van der Waals surface area contributed by atoms with Crippen molar-refractivity contribution in [1.29, 1.82) is 0 Å². The molecule has 3 rings (SSSR count). The second kappa shape index (κ2) is 9.21. The number of rotatable bonds is 4. The van der Waals surface area contributed by atoms with E-state index in [-0.39, 0.29) is 42.2 Å². The van der Waals surface area contributed by atoms with Gasteiger partial charge in [-0.05, 0) is 25.0 Å². The number of halogens is 2. The minimum Gasteiger partial charge on any atom is -0.366 e. The Labute approximate surface area is 164 Å². The first-order valence-corrected chi connectivity index (χ1v) is 8.42. The number of nitrogens with zero attached hydrogens (tertiary/aromatic N) is 3. The van der Waals surface area contributed by atoms with E-state index in [0.29, 0.717) is 17.7 Å². The van der Waals surface area contributed by atoms with Crippen LogP contribution in [0.2, 0.25) is 0 Å². The second-order valence-corrected chi connectivity index (χ2v) is 6.17. The molecular weight excluding hydrogens is 436 g/mol. The third-order valence-electron chi connectivity index (χ3n) is 4.33. The lowest BCUT2D eigenvalue weighted by Gasteiger charge is -2.37. The molecule has 8 heteroatoms. The van der Waals surface area contributed by atoms with E-state index >= 15 is 0 Å². The molecule has 1 amide bonds. The Kier molecular flexibility index (Phi) is 7.27. The molecule has 1 heterocycles. The van der Waals surface area contributed by atoms with Crippen molar-refractivity contribution >= 4 is 41.5 Å². The summed E-state index contributed by atoms with van der Waals surface area (Å²) >= 11 is 0. The number of hydrogen-bond donors (Lipinski definition) is 2. The van der Waals surface area contributed by atoms with Crippen LogP contribution in [0, 0.1) is 5.82 Å². The summed E-state index contributed by atoms with van der Waals surface area (Å²) in [7, 11) is 1.71. The van der Waals surface area contributed by atoms with Gasteiger partial charge in [0.1, 0.15) is 5.82 Å². The lowest BCUT2D eigenvalue weighted by Crippen LogP contribution is -2.54. The van der Waals surface area contributed by atoms with Gasteiger partial charge in [0, 0.05) is 39.3 Å². The van der Waals surface area contributed by atoms with Gasteiger partial charge in [-0.1, -0.05) is 12.1 Å². The molecule has 0 bridgehead atoms. The lowest BCUT2D eigenvalue weighted by molar-refractivity contribution is -0.120. The molecule has 6 nitrogen and oxygen atoms in total. The normalized spacial score (nSPS) is 17.8. The van der Waals surface area contributed by atoms with Gasteiger partial charge in [0.25, 0.3) is 0 Å². The van der Waals surface area contributed by atoms with Crippen molar-refractivity contribution in [3.8, 4) is 0 Å². The number of para-hydroxylation sites is 1. The van der Waals surface area contributed by atoms with Gasteiger partial charge in [-0.15, -0.1) is 24.0 Å². The summed E-state index contributed by atoms with van der Waals surface area (Å²) in [6, 6.07) is 7.21. The Balaban J connectivity index is 0.00000225. The number of amides is 1. The molecule has 0 atom stereocenters. The molecule has 2 N–H and O–H groups in total. The molecule has 1 aromatic carbocycles. The number of guanidine groups is 1. The van der Waals surface area contributed by atoms with Gasteiger partial charge in [0.2, 0.25) is 5.91 Å². The molecule has 0 spiro atoms. The van der Waals surface area contributed by atoms with E-state index in [1.165, 1.54) is 6.07 Å². The van der Waals surface area contributed by atoms with E-state index in [1.807, 2.05) is 11.0 Å². The maximum Gasteiger partial charge on any atom is 0.239 e. The van der Waals surface area contributed by atoms with Crippen molar-refractivity contribution < 1.29 is 9.18 Å². The van der Waals surface area contributed by atoms with E-state index in [9.17, 15) is 9.18 Å². The number of aliphatic imine (C=N–C) groups is 1. The molecule has 1 aromatic rings. The van der Waals surface area contributed by atoms with Crippen molar-refractivity contribution in [3.63, 3.8) is 0 Å². The summed E-state index contributed by atoms with van der Waals surface area (Å²) in [6.07, 6.45) is 2.16. The zero-order valence-electron chi connectivity index (χ0n) is 14.4. The van der Waals surface area contributed by atoms with Crippen molar-refractivity contribution in [3.05, 3.63) is 30.1 Å². The first-order chi connectivity index (χ1) is 11.7. The number of piperazine rings is 1. The predicted octanol–water partition coefficient (Wildman–Crippen LogP) is 1.42. The summed E-state index contributed by atoms with van der Waals surface area (Å²) in [5.41, 5.74) is 0.643. The van der Waals surface area contributed by atoms with E-state index in [4.69, 9.17) is 0 Å². The predicted molar refractivity (Wildman–Crippen MR) is 108 cm³/mol. The second-order valence-electron chi connectivity index (χ2n) is 6.17. The standard InChI is InChI=1S/C17H24FN5O.HI/c1-19-17(20-12-16(24)21-13-6-7-13)23-10-8-22(9-11-23)15-5-3-2-4-14(15)18;/h2-5,13H,6-12H2,1H3,(H,19,20)(H,21,24);1H. The van der Waals surface area contributed by atoms with E-state index in [2.05, 4.69) is 20.5 Å². The number of carbonyl (C=O) groups is 1. The highest BCUT2D eigenvalue weighted by molar-refractivity contribution is 14.0.